The van der Waals surface area contributed by atoms with Crippen molar-refractivity contribution in [2.75, 3.05) is 0 Å². The molecule has 0 saturated heterocycles. The predicted octanol–water partition coefficient (Wildman–Crippen LogP) is 5.26. The molecule has 0 amide bonds. The quantitative estimate of drug-likeness (QED) is 0.373. The fourth-order valence-electron chi connectivity index (χ4n) is 4.71. The number of hydrogen-bond acceptors (Lipinski definition) is 4. The molecule has 0 aliphatic heterocycles. The normalized spacial score (nSPS) is 11.6. The molecule has 6 aromatic rings. The van der Waals surface area contributed by atoms with Gasteiger partial charge in [0.2, 0.25) is 0 Å². The summed E-state index contributed by atoms with van der Waals surface area (Å²) >= 11 is 0. The van der Waals surface area contributed by atoms with E-state index in [4.69, 9.17) is 15.0 Å². The summed E-state index contributed by atoms with van der Waals surface area (Å²) in [6.07, 6.45) is 0. The average molecular weight is 446 g/mol. The second-order valence-corrected chi connectivity index (χ2v) is 8.80. The zero-order valence-corrected chi connectivity index (χ0v) is 19.3. The molecule has 3 heterocycles. The topological polar surface area (TPSA) is 65.6 Å². The van der Waals surface area contributed by atoms with Crippen LogP contribution in [0, 0.1) is 20.8 Å². The van der Waals surface area contributed by atoms with E-state index in [-0.39, 0.29) is 5.56 Å². The lowest BCUT2D eigenvalue weighted by Crippen LogP contribution is -2.24. The summed E-state index contributed by atoms with van der Waals surface area (Å²) in [5.74, 6) is 0.652. The van der Waals surface area contributed by atoms with Crippen LogP contribution in [0.3, 0.4) is 0 Å². The van der Waals surface area contributed by atoms with E-state index in [1.807, 2.05) is 66.1 Å². The first-order valence-electron chi connectivity index (χ1n) is 11.3. The van der Waals surface area contributed by atoms with Gasteiger partial charge in [-0.05, 0) is 61.7 Å². The van der Waals surface area contributed by atoms with Gasteiger partial charge in [0.1, 0.15) is 16.7 Å². The summed E-state index contributed by atoms with van der Waals surface area (Å²) in [4.78, 5) is 28.7. The van der Waals surface area contributed by atoms with E-state index >= 15 is 0 Å². The second kappa shape index (κ2) is 7.63. The van der Waals surface area contributed by atoms with Gasteiger partial charge >= 0.3 is 0 Å². The van der Waals surface area contributed by atoms with Crippen molar-refractivity contribution in [2.24, 2.45) is 0 Å². The molecule has 3 aromatic carbocycles. The van der Waals surface area contributed by atoms with Crippen molar-refractivity contribution < 1.29 is 0 Å². The van der Waals surface area contributed by atoms with E-state index in [2.05, 4.69) is 32.0 Å². The molecule has 6 nitrogen and oxygen atoms in total. The molecule has 0 spiro atoms. The Morgan fingerprint density at radius 1 is 0.735 bits per heavy atom. The van der Waals surface area contributed by atoms with Crippen molar-refractivity contribution in [1.29, 1.82) is 0 Å². The third-order valence-electron chi connectivity index (χ3n) is 6.20. The lowest BCUT2D eigenvalue weighted by Gasteiger charge is -2.12. The van der Waals surface area contributed by atoms with Crippen LogP contribution in [0.25, 0.3) is 38.9 Å². The monoisotopic (exact) mass is 445 g/mol. The summed E-state index contributed by atoms with van der Waals surface area (Å²) in [6, 6.07) is 24.0. The summed E-state index contributed by atoms with van der Waals surface area (Å²) in [5, 5.41) is 0.494. The highest BCUT2D eigenvalue weighted by atomic mass is 16.1. The third kappa shape index (κ3) is 3.18. The largest absolute Gasteiger partial charge is 0.292 e. The molecule has 0 aliphatic rings. The number of nitrogens with zero attached hydrogens (tertiary/aromatic N) is 5. The maximum absolute atomic E-state index is 13.9. The van der Waals surface area contributed by atoms with Crippen molar-refractivity contribution >= 4 is 33.2 Å². The van der Waals surface area contributed by atoms with Gasteiger partial charge < -0.3 is 0 Å². The van der Waals surface area contributed by atoms with Crippen LogP contribution in [0.4, 0.5) is 0 Å². The Balaban J connectivity index is 1.75. The molecule has 3 aromatic heterocycles. The second-order valence-electron chi connectivity index (χ2n) is 8.80. The van der Waals surface area contributed by atoms with E-state index in [1.165, 1.54) is 0 Å². The van der Waals surface area contributed by atoms with Crippen LogP contribution in [-0.4, -0.2) is 24.1 Å². The molecule has 0 radical (unpaired) electrons. The molecule has 34 heavy (non-hydrogen) atoms. The zero-order valence-electron chi connectivity index (χ0n) is 19.3. The van der Waals surface area contributed by atoms with Gasteiger partial charge in [-0.2, -0.15) is 0 Å². The minimum atomic E-state index is -0.107. The highest BCUT2D eigenvalue weighted by molar-refractivity contribution is 6.05. The van der Waals surface area contributed by atoms with Crippen molar-refractivity contribution in [3.8, 4) is 5.69 Å². The zero-order chi connectivity index (χ0) is 23.4. The Bertz CT molecular complexity index is 1760. The molecule has 0 N–H and O–H groups in total. The number of fused-ring (bicyclic) bond motifs is 4. The SMILES string of the molecule is Cc1cc(C)cc(-n2c3nc4ccccc4nc3c3c(=O)n(Cc4ccccc4)c(C)nc32)c1. The van der Waals surface area contributed by atoms with Crippen LogP contribution in [0.15, 0.2) is 77.6 Å². The highest BCUT2D eigenvalue weighted by Gasteiger charge is 2.22. The van der Waals surface area contributed by atoms with Gasteiger partial charge in [-0.25, -0.2) is 15.0 Å². The highest BCUT2D eigenvalue weighted by Crippen LogP contribution is 2.29. The van der Waals surface area contributed by atoms with E-state index in [0.717, 1.165) is 33.4 Å². The lowest BCUT2D eigenvalue weighted by atomic mass is 10.1. The average Bonchev–Trinajstić information content (AvgIpc) is 3.13. The number of aromatic nitrogens is 5. The molecule has 6 heteroatoms. The number of benzene rings is 3. The standard InChI is InChI=1S/C28H23N5O/c1-17-13-18(2)15-21(14-17)33-26-24(25-27(33)31-23-12-8-7-11-22(23)30-25)28(34)32(19(3)29-26)16-20-9-5-4-6-10-20/h4-15H,16H2,1-3H3. The maximum atomic E-state index is 13.9. The van der Waals surface area contributed by atoms with E-state index < -0.39 is 0 Å². The molecule has 0 aliphatic carbocycles. The number of hydrogen-bond donors (Lipinski definition) is 0. The fourth-order valence-corrected chi connectivity index (χ4v) is 4.71. The van der Waals surface area contributed by atoms with Gasteiger partial charge in [0, 0.05) is 5.69 Å². The molecule has 6 rings (SSSR count). The van der Waals surface area contributed by atoms with Gasteiger partial charge in [0.15, 0.2) is 11.3 Å². The Kier molecular flexibility index (Phi) is 4.55. The Labute approximate surface area is 196 Å². The van der Waals surface area contributed by atoms with Gasteiger partial charge in [-0.3, -0.25) is 13.9 Å². The molecule has 166 valence electrons. The first-order valence-corrected chi connectivity index (χ1v) is 11.3. The third-order valence-corrected chi connectivity index (χ3v) is 6.20. The van der Waals surface area contributed by atoms with E-state index in [1.54, 1.807) is 4.57 Å². The van der Waals surface area contributed by atoms with E-state index in [9.17, 15) is 4.79 Å². The summed E-state index contributed by atoms with van der Waals surface area (Å²) in [6.45, 7) is 6.46. The molecular formula is C28H23N5O. The molecule has 0 unspecified atom stereocenters. The number of aryl methyl sites for hydroxylation is 3. The smallest absolute Gasteiger partial charge is 0.265 e. The van der Waals surface area contributed by atoms with E-state index in [0.29, 0.717) is 34.6 Å². The van der Waals surface area contributed by atoms with Gasteiger partial charge in [0.05, 0.1) is 17.6 Å². The minimum absolute atomic E-state index is 0.107. The Morgan fingerprint density at radius 2 is 1.38 bits per heavy atom. The molecule has 0 bridgehead atoms. The summed E-state index contributed by atoms with van der Waals surface area (Å²) < 4.78 is 3.70. The van der Waals surface area contributed by atoms with Crippen LogP contribution >= 0.6 is 0 Å². The Hall–Kier alpha value is -4.32. The molecule has 0 atom stereocenters. The first kappa shape index (κ1) is 20.3. The number of rotatable bonds is 3. The minimum Gasteiger partial charge on any atom is -0.292 e. The fraction of sp³-hybridized carbons (Fsp3) is 0.143. The van der Waals surface area contributed by atoms with Crippen LogP contribution in [0.2, 0.25) is 0 Å². The van der Waals surface area contributed by atoms with Crippen molar-refractivity contribution in [3.05, 3.63) is 106 Å². The first-order chi connectivity index (χ1) is 16.5. The van der Waals surface area contributed by atoms with Crippen molar-refractivity contribution in [1.82, 2.24) is 24.1 Å². The molecule has 0 fully saturated rings. The molecule has 0 saturated carbocycles. The summed E-state index contributed by atoms with van der Waals surface area (Å²) in [5.41, 5.74) is 7.46. The lowest BCUT2D eigenvalue weighted by molar-refractivity contribution is 0.711. The summed E-state index contributed by atoms with van der Waals surface area (Å²) in [7, 11) is 0. The van der Waals surface area contributed by atoms with Crippen LogP contribution in [0.1, 0.15) is 22.5 Å². The van der Waals surface area contributed by atoms with Crippen molar-refractivity contribution in [3.63, 3.8) is 0 Å². The van der Waals surface area contributed by atoms with Gasteiger partial charge in [-0.15, -0.1) is 0 Å². The van der Waals surface area contributed by atoms with Crippen molar-refractivity contribution in [2.45, 2.75) is 27.3 Å². The van der Waals surface area contributed by atoms with Crippen LogP contribution < -0.4 is 5.56 Å². The maximum Gasteiger partial charge on any atom is 0.265 e. The van der Waals surface area contributed by atoms with Crippen LogP contribution in [-0.2, 0) is 6.54 Å². The van der Waals surface area contributed by atoms with Gasteiger partial charge in [0.25, 0.3) is 5.56 Å². The van der Waals surface area contributed by atoms with Gasteiger partial charge in [-0.1, -0.05) is 48.5 Å². The number of para-hydroxylation sites is 2. The molecular weight excluding hydrogens is 422 g/mol. The van der Waals surface area contributed by atoms with Crippen LogP contribution in [0.5, 0.6) is 0 Å². The Morgan fingerprint density at radius 3 is 2.09 bits per heavy atom. The predicted molar refractivity (Wildman–Crippen MR) is 136 cm³/mol.